The van der Waals surface area contributed by atoms with Crippen LogP contribution >= 0.6 is 0 Å². The number of benzene rings is 1. The second-order valence-electron chi connectivity index (χ2n) is 5.67. The van der Waals surface area contributed by atoms with Crippen molar-refractivity contribution >= 4 is 5.91 Å². The Labute approximate surface area is 112 Å². The molecule has 2 atom stereocenters. The molecule has 2 bridgehead atoms. The number of aliphatic hydroxyl groups is 1. The standard InChI is InChI=1S/C15H19NO3/c1-9-13(3-2-4-14(9)18)15(19)16-10-5-6-11(16)8-12(17)7-10/h2-4,10-12,17-18H,5-8H2,1H3. The molecule has 1 amide bonds. The van der Waals surface area contributed by atoms with E-state index in [2.05, 4.69) is 0 Å². The molecular weight excluding hydrogens is 242 g/mol. The molecule has 0 radical (unpaired) electrons. The normalized spacial score (nSPS) is 29.6. The number of piperidine rings is 1. The summed E-state index contributed by atoms with van der Waals surface area (Å²) in [6.07, 6.45) is 3.04. The van der Waals surface area contributed by atoms with Crippen LogP contribution in [0.4, 0.5) is 0 Å². The molecule has 102 valence electrons. The molecule has 4 nitrogen and oxygen atoms in total. The molecule has 2 unspecified atom stereocenters. The maximum atomic E-state index is 12.7. The molecule has 2 aliphatic rings. The third kappa shape index (κ3) is 2.00. The number of phenolic OH excluding ortho intramolecular Hbond substituents is 1. The van der Waals surface area contributed by atoms with Crippen LogP contribution in [0.3, 0.4) is 0 Å². The number of carbonyl (C=O) groups is 1. The van der Waals surface area contributed by atoms with Gasteiger partial charge in [-0.2, -0.15) is 0 Å². The third-order valence-corrected chi connectivity index (χ3v) is 4.48. The van der Waals surface area contributed by atoms with Crippen LogP contribution in [0.1, 0.15) is 41.6 Å². The van der Waals surface area contributed by atoms with E-state index >= 15 is 0 Å². The van der Waals surface area contributed by atoms with Crippen molar-refractivity contribution in [2.45, 2.75) is 50.8 Å². The zero-order valence-electron chi connectivity index (χ0n) is 11.0. The highest BCUT2D eigenvalue weighted by Crippen LogP contribution is 2.37. The van der Waals surface area contributed by atoms with Gasteiger partial charge in [-0.15, -0.1) is 0 Å². The van der Waals surface area contributed by atoms with E-state index in [0.29, 0.717) is 24.0 Å². The molecule has 1 aromatic rings. The fraction of sp³-hybridized carbons (Fsp3) is 0.533. The van der Waals surface area contributed by atoms with Crippen LogP contribution in [0.25, 0.3) is 0 Å². The number of aromatic hydroxyl groups is 1. The van der Waals surface area contributed by atoms with Crippen LogP contribution in [0.15, 0.2) is 18.2 Å². The Bertz CT molecular complexity index is 500. The topological polar surface area (TPSA) is 60.8 Å². The number of hydrogen-bond acceptors (Lipinski definition) is 3. The van der Waals surface area contributed by atoms with Gasteiger partial charge in [-0.05, 0) is 44.7 Å². The van der Waals surface area contributed by atoms with Crippen molar-refractivity contribution in [1.29, 1.82) is 0 Å². The summed E-state index contributed by atoms with van der Waals surface area (Å²) in [5, 5.41) is 19.5. The van der Waals surface area contributed by atoms with Gasteiger partial charge in [-0.25, -0.2) is 0 Å². The Hall–Kier alpha value is -1.55. The first kappa shape index (κ1) is 12.5. The van der Waals surface area contributed by atoms with Gasteiger partial charge in [0.15, 0.2) is 0 Å². The summed E-state index contributed by atoms with van der Waals surface area (Å²) in [7, 11) is 0. The summed E-state index contributed by atoms with van der Waals surface area (Å²) in [4.78, 5) is 14.6. The second kappa shape index (κ2) is 4.53. The summed E-state index contributed by atoms with van der Waals surface area (Å²) in [5.41, 5.74) is 1.21. The van der Waals surface area contributed by atoms with Crippen LogP contribution < -0.4 is 0 Å². The molecular formula is C15H19NO3. The van der Waals surface area contributed by atoms with E-state index < -0.39 is 0 Å². The summed E-state index contributed by atoms with van der Waals surface area (Å²) in [6.45, 7) is 1.77. The van der Waals surface area contributed by atoms with Gasteiger partial charge in [0.2, 0.25) is 0 Å². The van der Waals surface area contributed by atoms with Crippen LogP contribution in [0, 0.1) is 6.92 Å². The molecule has 2 heterocycles. The number of nitrogens with zero attached hydrogens (tertiary/aromatic N) is 1. The zero-order valence-corrected chi connectivity index (χ0v) is 11.0. The van der Waals surface area contributed by atoms with Crippen molar-refractivity contribution in [1.82, 2.24) is 4.90 Å². The lowest BCUT2D eigenvalue weighted by Crippen LogP contribution is -2.48. The number of hydrogen-bond donors (Lipinski definition) is 2. The van der Waals surface area contributed by atoms with Gasteiger partial charge in [0.05, 0.1) is 6.10 Å². The average molecular weight is 261 g/mol. The molecule has 3 rings (SSSR count). The molecule has 0 aromatic heterocycles. The highest BCUT2D eigenvalue weighted by atomic mass is 16.3. The quantitative estimate of drug-likeness (QED) is 0.810. The fourth-order valence-corrected chi connectivity index (χ4v) is 3.47. The fourth-order valence-electron chi connectivity index (χ4n) is 3.47. The lowest BCUT2D eigenvalue weighted by Gasteiger charge is -2.37. The highest BCUT2D eigenvalue weighted by Gasteiger charge is 2.43. The van der Waals surface area contributed by atoms with Gasteiger partial charge in [-0.1, -0.05) is 6.07 Å². The molecule has 2 N–H and O–H groups in total. The van der Waals surface area contributed by atoms with Crippen molar-refractivity contribution in [2.75, 3.05) is 0 Å². The minimum absolute atomic E-state index is 0.00667. The molecule has 4 heteroatoms. The largest absolute Gasteiger partial charge is 0.508 e. The van der Waals surface area contributed by atoms with Crippen LogP contribution in [0.5, 0.6) is 5.75 Å². The Kier molecular flexibility index (Phi) is 2.97. The highest BCUT2D eigenvalue weighted by molar-refractivity contribution is 5.97. The maximum Gasteiger partial charge on any atom is 0.254 e. The number of rotatable bonds is 1. The van der Waals surface area contributed by atoms with Gasteiger partial charge in [0.25, 0.3) is 5.91 Å². The maximum absolute atomic E-state index is 12.7. The molecule has 1 aromatic carbocycles. The first-order valence-corrected chi connectivity index (χ1v) is 6.87. The minimum Gasteiger partial charge on any atom is -0.508 e. The van der Waals surface area contributed by atoms with E-state index in [1.807, 2.05) is 4.90 Å². The van der Waals surface area contributed by atoms with Crippen LogP contribution in [0.2, 0.25) is 0 Å². The van der Waals surface area contributed by atoms with E-state index in [1.165, 1.54) is 0 Å². The van der Waals surface area contributed by atoms with E-state index in [4.69, 9.17) is 0 Å². The van der Waals surface area contributed by atoms with E-state index in [1.54, 1.807) is 25.1 Å². The Morgan fingerprint density at radius 3 is 2.53 bits per heavy atom. The van der Waals surface area contributed by atoms with E-state index in [-0.39, 0.29) is 29.8 Å². The number of amides is 1. The molecule has 2 fully saturated rings. The Morgan fingerprint density at radius 2 is 1.89 bits per heavy atom. The molecule has 0 spiro atoms. The van der Waals surface area contributed by atoms with Crippen molar-refractivity contribution < 1.29 is 15.0 Å². The predicted molar refractivity (Wildman–Crippen MR) is 71.1 cm³/mol. The predicted octanol–water partition coefficient (Wildman–Crippen LogP) is 1.83. The number of carbonyl (C=O) groups excluding carboxylic acids is 1. The summed E-state index contributed by atoms with van der Waals surface area (Å²) >= 11 is 0. The van der Waals surface area contributed by atoms with Crippen molar-refractivity contribution in [3.63, 3.8) is 0 Å². The van der Waals surface area contributed by atoms with Crippen molar-refractivity contribution in [2.24, 2.45) is 0 Å². The molecule has 19 heavy (non-hydrogen) atoms. The van der Waals surface area contributed by atoms with Gasteiger partial charge in [0.1, 0.15) is 5.75 Å². The van der Waals surface area contributed by atoms with Crippen molar-refractivity contribution in [3.05, 3.63) is 29.3 Å². The summed E-state index contributed by atoms with van der Waals surface area (Å²) in [5.74, 6) is 0.156. The SMILES string of the molecule is Cc1c(O)cccc1C(=O)N1C2CCC1CC(O)C2. The first-order chi connectivity index (χ1) is 9.08. The Morgan fingerprint density at radius 1 is 1.26 bits per heavy atom. The average Bonchev–Trinajstić information content (AvgIpc) is 2.64. The van der Waals surface area contributed by atoms with Gasteiger partial charge in [-0.3, -0.25) is 4.79 Å². The van der Waals surface area contributed by atoms with E-state index in [0.717, 1.165) is 12.8 Å². The first-order valence-electron chi connectivity index (χ1n) is 6.87. The number of aliphatic hydroxyl groups excluding tert-OH is 1. The van der Waals surface area contributed by atoms with Crippen LogP contribution in [-0.2, 0) is 0 Å². The molecule has 0 saturated carbocycles. The monoisotopic (exact) mass is 261 g/mol. The van der Waals surface area contributed by atoms with Gasteiger partial charge < -0.3 is 15.1 Å². The van der Waals surface area contributed by atoms with E-state index in [9.17, 15) is 15.0 Å². The zero-order chi connectivity index (χ0) is 13.6. The van der Waals surface area contributed by atoms with Gasteiger partial charge in [0, 0.05) is 23.2 Å². The lowest BCUT2D eigenvalue weighted by molar-refractivity contribution is 0.0286. The number of fused-ring (bicyclic) bond motifs is 2. The molecule has 0 aliphatic carbocycles. The number of phenols is 1. The van der Waals surface area contributed by atoms with Gasteiger partial charge >= 0.3 is 0 Å². The molecule has 2 saturated heterocycles. The smallest absolute Gasteiger partial charge is 0.254 e. The summed E-state index contributed by atoms with van der Waals surface area (Å²) < 4.78 is 0. The summed E-state index contributed by atoms with van der Waals surface area (Å²) in [6, 6.07) is 5.38. The minimum atomic E-state index is -0.271. The molecule has 2 aliphatic heterocycles. The third-order valence-electron chi connectivity index (χ3n) is 4.48. The second-order valence-corrected chi connectivity index (χ2v) is 5.67. The van der Waals surface area contributed by atoms with Crippen LogP contribution in [-0.4, -0.2) is 39.2 Å². The van der Waals surface area contributed by atoms with Crippen molar-refractivity contribution in [3.8, 4) is 5.75 Å². The Balaban J connectivity index is 1.91. The lowest BCUT2D eigenvalue weighted by atomic mass is 9.97.